The average molecular weight is 408 g/mol. The average Bonchev–Trinajstić information content (AvgIpc) is 2.68. The third kappa shape index (κ3) is 6.41. The topological polar surface area (TPSA) is 41.1 Å². The molecule has 154 valence electrons. The molecule has 1 aliphatic carbocycles. The maximum absolute atomic E-state index is 14.5. The summed E-state index contributed by atoms with van der Waals surface area (Å²) in [6.45, 7) is 4.50. The summed E-state index contributed by atoms with van der Waals surface area (Å²) < 4.78 is 28.1. The van der Waals surface area contributed by atoms with Gasteiger partial charge in [0.25, 0.3) is 5.91 Å². The van der Waals surface area contributed by atoms with Crippen LogP contribution in [-0.2, 0) is 4.79 Å². The zero-order valence-corrected chi connectivity index (χ0v) is 17.9. The smallest absolute Gasteiger partial charge is 0.251 e. The first-order valence-electron chi connectivity index (χ1n) is 10.1. The number of rotatable bonds is 8. The lowest BCUT2D eigenvalue weighted by molar-refractivity contribution is -0.118. The Morgan fingerprint density at radius 2 is 1.93 bits per heavy atom. The lowest BCUT2D eigenvalue weighted by atomic mass is 9.95. The van der Waals surface area contributed by atoms with Crippen molar-refractivity contribution in [2.45, 2.75) is 64.8 Å². The summed E-state index contributed by atoms with van der Waals surface area (Å²) in [4.78, 5) is 12.7. The van der Waals surface area contributed by atoms with Gasteiger partial charge in [-0.1, -0.05) is 38.7 Å². The first-order chi connectivity index (χ1) is 13.5. The number of carbonyl (C=O) groups is 1. The van der Waals surface area contributed by atoms with Gasteiger partial charge in [0.05, 0.1) is 0 Å². The second-order valence-corrected chi connectivity index (χ2v) is 7.87. The minimum Gasteiger partial charge on any atom is -0.384 e. The molecule has 0 bridgehead atoms. The highest BCUT2D eigenvalue weighted by molar-refractivity contribution is 7.27. The van der Waals surface area contributed by atoms with E-state index >= 15 is 0 Å². The Bertz CT molecular complexity index is 740. The molecule has 2 N–H and O–H groups in total. The fraction of sp³-hybridized carbons (Fsp3) is 0.500. The molecule has 2 rings (SSSR count). The SMILES string of the molecule is C/C=C(/C=C(\NCCCC)c1cc(P)c(F)cc1F)C(=O)NC1CCCCC1. The van der Waals surface area contributed by atoms with Crippen molar-refractivity contribution in [3.05, 3.63) is 47.1 Å². The lowest BCUT2D eigenvalue weighted by Crippen LogP contribution is -2.36. The van der Waals surface area contributed by atoms with Crippen LogP contribution in [-0.4, -0.2) is 18.5 Å². The molecule has 0 radical (unpaired) electrons. The number of carbonyl (C=O) groups excluding carboxylic acids is 1. The summed E-state index contributed by atoms with van der Waals surface area (Å²) in [7, 11) is 2.28. The molecule has 0 heterocycles. The maximum Gasteiger partial charge on any atom is 0.251 e. The first-order valence-corrected chi connectivity index (χ1v) is 10.7. The molecule has 0 aliphatic heterocycles. The van der Waals surface area contributed by atoms with Gasteiger partial charge in [-0.3, -0.25) is 4.79 Å². The predicted octanol–water partition coefficient (Wildman–Crippen LogP) is 4.59. The van der Waals surface area contributed by atoms with Crippen LogP contribution in [0, 0.1) is 11.6 Å². The summed E-state index contributed by atoms with van der Waals surface area (Å²) in [5.41, 5.74) is 1.22. The second-order valence-electron chi connectivity index (χ2n) is 7.24. The number of halogens is 2. The van der Waals surface area contributed by atoms with Gasteiger partial charge in [0, 0.05) is 40.8 Å². The van der Waals surface area contributed by atoms with E-state index in [9.17, 15) is 13.6 Å². The molecule has 0 saturated heterocycles. The second kappa shape index (κ2) is 11.3. The van der Waals surface area contributed by atoms with Crippen LogP contribution in [0.3, 0.4) is 0 Å². The van der Waals surface area contributed by atoms with E-state index in [2.05, 4.69) is 26.8 Å². The van der Waals surface area contributed by atoms with E-state index in [-0.39, 0.29) is 22.8 Å². The van der Waals surface area contributed by atoms with Gasteiger partial charge < -0.3 is 10.6 Å². The Morgan fingerprint density at radius 3 is 2.57 bits per heavy atom. The van der Waals surface area contributed by atoms with E-state index in [1.54, 1.807) is 19.1 Å². The molecule has 1 amide bonds. The van der Waals surface area contributed by atoms with Gasteiger partial charge in [-0.15, -0.1) is 9.24 Å². The Hall–Kier alpha value is -1.74. The molecule has 1 aromatic carbocycles. The van der Waals surface area contributed by atoms with Crippen LogP contribution < -0.4 is 15.9 Å². The molecule has 1 fully saturated rings. The Morgan fingerprint density at radius 1 is 1.21 bits per heavy atom. The molecule has 1 aromatic rings. The first kappa shape index (κ1) is 22.5. The predicted molar refractivity (Wildman–Crippen MR) is 115 cm³/mol. The van der Waals surface area contributed by atoms with Gasteiger partial charge >= 0.3 is 0 Å². The molecule has 1 atom stereocenters. The quantitative estimate of drug-likeness (QED) is 0.286. The Kier molecular flexibility index (Phi) is 9.11. The Balaban J connectivity index is 2.28. The zero-order valence-electron chi connectivity index (χ0n) is 16.8. The molecule has 3 nitrogen and oxygen atoms in total. The van der Waals surface area contributed by atoms with Crippen LogP contribution in [0.5, 0.6) is 0 Å². The van der Waals surface area contributed by atoms with Crippen LogP contribution in [0.1, 0.15) is 64.4 Å². The van der Waals surface area contributed by atoms with Crippen LogP contribution in [0.25, 0.3) is 5.70 Å². The van der Waals surface area contributed by atoms with E-state index in [1.807, 2.05) is 0 Å². The van der Waals surface area contributed by atoms with Crippen molar-refractivity contribution in [3.8, 4) is 0 Å². The number of unbranched alkanes of at least 4 members (excludes halogenated alkanes) is 1. The van der Waals surface area contributed by atoms with Crippen molar-refractivity contribution in [1.29, 1.82) is 0 Å². The van der Waals surface area contributed by atoms with Crippen molar-refractivity contribution in [3.63, 3.8) is 0 Å². The molecular formula is C22H31F2N2OP. The largest absolute Gasteiger partial charge is 0.384 e. The zero-order chi connectivity index (χ0) is 20.5. The summed E-state index contributed by atoms with van der Waals surface area (Å²) >= 11 is 0. The summed E-state index contributed by atoms with van der Waals surface area (Å²) in [5, 5.41) is 6.59. The van der Waals surface area contributed by atoms with Crippen LogP contribution in [0.4, 0.5) is 8.78 Å². The number of allylic oxidation sites excluding steroid dienone is 1. The summed E-state index contributed by atoms with van der Waals surface area (Å²) in [6, 6.07) is 2.53. The third-order valence-electron chi connectivity index (χ3n) is 5.04. The highest BCUT2D eigenvalue weighted by atomic mass is 31.0. The van der Waals surface area contributed by atoms with Gasteiger partial charge in [-0.25, -0.2) is 8.78 Å². The Labute approximate surface area is 169 Å². The van der Waals surface area contributed by atoms with Gasteiger partial charge in [-0.2, -0.15) is 0 Å². The monoisotopic (exact) mass is 408 g/mol. The highest BCUT2D eigenvalue weighted by Crippen LogP contribution is 2.21. The van der Waals surface area contributed by atoms with E-state index in [0.717, 1.165) is 44.6 Å². The molecule has 28 heavy (non-hydrogen) atoms. The number of benzene rings is 1. The fourth-order valence-electron chi connectivity index (χ4n) is 3.35. The lowest BCUT2D eigenvalue weighted by Gasteiger charge is -2.23. The fourth-order valence-corrected chi connectivity index (χ4v) is 3.60. The third-order valence-corrected chi connectivity index (χ3v) is 5.48. The standard InChI is InChI=1S/C22H31F2N2OP/c1-3-5-11-25-20(17-13-21(28)19(24)14-18(17)23)12-15(4-2)22(27)26-16-9-7-6-8-10-16/h4,12-14,16,25H,3,5-11,28H2,1-2H3,(H,26,27)/b15-4-,20-12-. The van der Waals surface area contributed by atoms with Gasteiger partial charge in [0.15, 0.2) is 0 Å². The molecule has 6 heteroatoms. The minimum absolute atomic E-state index is 0.155. The number of nitrogens with one attached hydrogen (secondary N) is 2. The normalized spacial score (nSPS) is 16.2. The van der Waals surface area contributed by atoms with E-state index < -0.39 is 11.6 Å². The molecule has 1 saturated carbocycles. The van der Waals surface area contributed by atoms with Crippen LogP contribution in [0.2, 0.25) is 0 Å². The summed E-state index contributed by atoms with van der Waals surface area (Å²) in [6.07, 6.45) is 10.8. The van der Waals surface area contributed by atoms with Gasteiger partial charge in [0.2, 0.25) is 0 Å². The molecule has 1 unspecified atom stereocenters. The van der Waals surface area contributed by atoms with Crippen molar-refractivity contribution in [1.82, 2.24) is 10.6 Å². The number of hydrogen-bond donors (Lipinski definition) is 2. The maximum atomic E-state index is 14.5. The van der Waals surface area contributed by atoms with Crippen molar-refractivity contribution in [2.75, 3.05) is 6.54 Å². The number of amides is 1. The summed E-state index contributed by atoms with van der Waals surface area (Å²) in [5.74, 6) is -1.42. The van der Waals surface area contributed by atoms with E-state index in [0.29, 0.717) is 17.8 Å². The molecule has 0 spiro atoms. The van der Waals surface area contributed by atoms with Crippen LogP contribution >= 0.6 is 9.24 Å². The van der Waals surface area contributed by atoms with Gasteiger partial charge in [0.1, 0.15) is 11.6 Å². The van der Waals surface area contributed by atoms with Crippen molar-refractivity contribution in [2.24, 2.45) is 0 Å². The number of hydrogen-bond acceptors (Lipinski definition) is 2. The molecular weight excluding hydrogens is 377 g/mol. The molecule has 1 aliphatic rings. The van der Waals surface area contributed by atoms with Crippen molar-refractivity contribution >= 4 is 26.1 Å². The molecule has 0 aromatic heterocycles. The van der Waals surface area contributed by atoms with Gasteiger partial charge in [-0.05, 0) is 38.3 Å². The van der Waals surface area contributed by atoms with Crippen LogP contribution in [0.15, 0.2) is 29.9 Å². The van der Waals surface area contributed by atoms with E-state index in [1.165, 1.54) is 12.5 Å². The van der Waals surface area contributed by atoms with E-state index in [4.69, 9.17) is 0 Å². The minimum atomic E-state index is -0.651. The van der Waals surface area contributed by atoms with Crippen molar-refractivity contribution < 1.29 is 13.6 Å². The highest BCUT2D eigenvalue weighted by Gasteiger charge is 2.18.